The van der Waals surface area contributed by atoms with Gasteiger partial charge in [0.05, 0.1) is 0 Å². The molecule has 104 valence electrons. The molecule has 1 fully saturated rings. The molecule has 1 aliphatic rings. The zero-order chi connectivity index (χ0) is 14.0. The average molecular weight is 269 g/mol. The number of nitrogens with one attached hydrogen (secondary N) is 1. The topological polar surface area (TPSA) is 12.0 Å². The molecule has 1 saturated carbocycles. The van der Waals surface area contributed by atoms with Gasteiger partial charge in [0.2, 0.25) is 0 Å². The Labute approximate surface area is 119 Å². The third kappa shape index (κ3) is 2.36. The van der Waals surface area contributed by atoms with Gasteiger partial charge in [-0.05, 0) is 49.1 Å². The Bertz CT molecular complexity index is 556. The SMILES string of the molecule is CNCC1(c2ccc(F)cc2)CC(c2ccccc2)C1. The molecule has 0 radical (unpaired) electrons. The van der Waals surface area contributed by atoms with Gasteiger partial charge in [-0.3, -0.25) is 0 Å². The summed E-state index contributed by atoms with van der Waals surface area (Å²) < 4.78 is 13.1. The van der Waals surface area contributed by atoms with Crippen molar-refractivity contribution in [3.8, 4) is 0 Å². The summed E-state index contributed by atoms with van der Waals surface area (Å²) in [6.45, 7) is 0.946. The fourth-order valence-electron chi connectivity index (χ4n) is 3.47. The smallest absolute Gasteiger partial charge is 0.123 e. The molecule has 0 bridgehead atoms. The van der Waals surface area contributed by atoms with Gasteiger partial charge in [-0.2, -0.15) is 0 Å². The summed E-state index contributed by atoms with van der Waals surface area (Å²) >= 11 is 0. The number of benzene rings is 2. The van der Waals surface area contributed by atoms with E-state index < -0.39 is 0 Å². The van der Waals surface area contributed by atoms with E-state index in [0.717, 1.165) is 19.4 Å². The van der Waals surface area contributed by atoms with Crippen LogP contribution in [0.1, 0.15) is 29.9 Å². The van der Waals surface area contributed by atoms with Gasteiger partial charge in [0.15, 0.2) is 0 Å². The fourth-order valence-corrected chi connectivity index (χ4v) is 3.47. The lowest BCUT2D eigenvalue weighted by Gasteiger charge is -2.49. The van der Waals surface area contributed by atoms with Crippen LogP contribution in [0.25, 0.3) is 0 Å². The third-order valence-electron chi connectivity index (χ3n) is 4.52. The van der Waals surface area contributed by atoms with Gasteiger partial charge in [-0.25, -0.2) is 4.39 Å². The van der Waals surface area contributed by atoms with E-state index in [9.17, 15) is 4.39 Å². The van der Waals surface area contributed by atoms with Crippen LogP contribution in [-0.4, -0.2) is 13.6 Å². The van der Waals surface area contributed by atoms with Gasteiger partial charge < -0.3 is 5.32 Å². The molecule has 1 nitrogen and oxygen atoms in total. The molecule has 0 atom stereocenters. The van der Waals surface area contributed by atoms with Gasteiger partial charge in [0.1, 0.15) is 5.82 Å². The molecule has 0 aliphatic heterocycles. The number of rotatable bonds is 4. The second kappa shape index (κ2) is 5.37. The molecule has 2 heteroatoms. The summed E-state index contributed by atoms with van der Waals surface area (Å²) in [4.78, 5) is 0. The van der Waals surface area contributed by atoms with E-state index in [1.807, 2.05) is 19.2 Å². The lowest BCUT2D eigenvalue weighted by molar-refractivity contribution is 0.198. The predicted octanol–water partition coefficient (Wildman–Crippen LogP) is 3.86. The van der Waals surface area contributed by atoms with Crippen molar-refractivity contribution in [3.63, 3.8) is 0 Å². The first-order chi connectivity index (χ1) is 9.73. The minimum absolute atomic E-state index is 0.156. The third-order valence-corrected chi connectivity index (χ3v) is 4.52. The summed E-state index contributed by atoms with van der Waals surface area (Å²) in [5.74, 6) is 0.460. The van der Waals surface area contributed by atoms with Crippen molar-refractivity contribution in [2.45, 2.75) is 24.2 Å². The molecule has 0 aromatic heterocycles. The quantitative estimate of drug-likeness (QED) is 0.888. The summed E-state index contributed by atoms with van der Waals surface area (Å²) in [6, 6.07) is 17.7. The molecule has 2 aromatic carbocycles. The van der Waals surface area contributed by atoms with Crippen LogP contribution in [-0.2, 0) is 5.41 Å². The molecule has 1 N–H and O–H groups in total. The van der Waals surface area contributed by atoms with Crippen LogP contribution in [0.2, 0.25) is 0 Å². The minimum Gasteiger partial charge on any atom is -0.319 e. The molecule has 2 aromatic rings. The highest BCUT2D eigenvalue weighted by Gasteiger charge is 2.45. The zero-order valence-electron chi connectivity index (χ0n) is 11.8. The largest absolute Gasteiger partial charge is 0.319 e. The number of halogens is 1. The van der Waals surface area contributed by atoms with E-state index in [1.165, 1.54) is 11.1 Å². The molecule has 0 saturated heterocycles. The number of hydrogen-bond acceptors (Lipinski definition) is 1. The normalized spacial score (nSPS) is 25.2. The van der Waals surface area contributed by atoms with E-state index in [1.54, 1.807) is 12.1 Å². The van der Waals surface area contributed by atoms with Gasteiger partial charge in [0, 0.05) is 12.0 Å². The van der Waals surface area contributed by atoms with Crippen molar-refractivity contribution in [1.29, 1.82) is 0 Å². The lowest BCUT2D eigenvalue weighted by atomic mass is 9.57. The summed E-state index contributed by atoms with van der Waals surface area (Å²) in [6.07, 6.45) is 2.26. The maximum Gasteiger partial charge on any atom is 0.123 e. The van der Waals surface area contributed by atoms with Crippen molar-refractivity contribution in [2.24, 2.45) is 0 Å². The molecule has 0 unspecified atom stereocenters. The zero-order valence-corrected chi connectivity index (χ0v) is 11.8. The first-order valence-corrected chi connectivity index (χ1v) is 7.19. The van der Waals surface area contributed by atoms with E-state index in [4.69, 9.17) is 0 Å². The molecule has 0 heterocycles. The predicted molar refractivity (Wildman–Crippen MR) is 80.4 cm³/mol. The van der Waals surface area contributed by atoms with Crippen molar-refractivity contribution in [3.05, 3.63) is 71.5 Å². The molecular weight excluding hydrogens is 249 g/mol. The van der Waals surface area contributed by atoms with Gasteiger partial charge in [0.25, 0.3) is 0 Å². The van der Waals surface area contributed by atoms with Crippen molar-refractivity contribution >= 4 is 0 Å². The molecule has 3 rings (SSSR count). The summed E-state index contributed by atoms with van der Waals surface area (Å²) in [5, 5.41) is 3.30. The fraction of sp³-hybridized carbons (Fsp3) is 0.333. The van der Waals surface area contributed by atoms with E-state index in [-0.39, 0.29) is 11.2 Å². The molecule has 0 spiro atoms. The van der Waals surface area contributed by atoms with Crippen LogP contribution < -0.4 is 5.32 Å². The van der Waals surface area contributed by atoms with Gasteiger partial charge >= 0.3 is 0 Å². The van der Waals surface area contributed by atoms with Crippen molar-refractivity contribution in [1.82, 2.24) is 5.32 Å². The Morgan fingerprint density at radius 2 is 1.70 bits per heavy atom. The van der Waals surface area contributed by atoms with E-state index >= 15 is 0 Å². The van der Waals surface area contributed by atoms with Crippen LogP contribution in [0, 0.1) is 5.82 Å². The second-order valence-corrected chi connectivity index (χ2v) is 5.83. The van der Waals surface area contributed by atoms with E-state index in [2.05, 4.69) is 35.6 Å². The highest BCUT2D eigenvalue weighted by Crippen LogP contribution is 2.52. The molecular formula is C18H20FN. The van der Waals surface area contributed by atoms with Crippen molar-refractivity contribution < 1.29 is 4.39 Å². The van der Waals surface area contributed by atoms with Crippen LogP contribution in [0.15, 0.2) is 54.6 Å². The first kappa shape index (κ1) is 13.3. The Morgan fingerprint density at radius 3 is 2.30 bits per heavy atom. The van der Waals surface area contributed by atoms with Crippen LogP contribution in [0.4, 0.5) is 4.39 Å². The lowest BCUT2D eigenvalue weighted by Crippen LogP contribution is -2.46. The Hall–Kier alpha value is -1.67. The standard InChI is InChI=1S/C18H20FN/c1-20-13-18(16-7-9-17(19)10-8-16)11-15(12-18)14-5-3-2-4-6-14/h2-10,15,20H,11-13H2,1H3. The Morgan fingerprint density at radius 1 is 1.05 bits per heavy atom. The van der Waals surface area contributed by atoms with Gasteiger partial charge in [-0.1, -0.05) is 42.5 Å². The second-order valence-electron chi connectivity index (χ2n) is 5.83. The number of hydrogen-bond donors (Lipinski definition) is 1. The number of likely N-dealkylation sites (N-methyl/N-ethyl adjacent to an activating group) is 1. The first-order valence-electron chi connectivity index (χ1n) is 7.19. The minimum atomic E-state index is -0.160. The van der Waals surface area contributed by atoms with Crippen LogP contribution in [0.5, 0.6) is 0 Å². The Balaban J connectivity index is 1.81. The summed E-state index contributed by atoms with van der Waals surface area (Å²) in [7, 11) is 1.99. The highest BCUT2D eigenvalue weighted by atomic mass is 19.1. The molecule has 1 aliphatic carbocycles. The van der Waals surface area contributed by atoms with Crippen LogP contribution >= 0.6 is 0 Å². The highest BCUT2D eigenvalue weighted by molar-refractivity contribution is 5.35. The molecule has 0 amide bonds. The van der Waals surface area contributed by atoms with Crippen molar-refractivity contribution in [2.75, 3.05) is 13.6 Å². The maximum atomic E-state index is 13.1. The van der Waals surface area contributed by atoms with Crippen LogP contribution in [0.3, 0.4) is 0 Å². The summed E-state index contributed by atoms with van der Waals surface area (Å²) in [5.41, 5.74) is 2.82. The maximum absolute atomic E-state index is 13.1. The van der Waals surface area contributed by atoms with Gasteiger partial charge in [-0.15, -0.1) is 0 Å². The molecule has 20 heavy (non-hydrogen) atoms. The van der Waals surface area contributed by atoms with E-state index in [0.29, 0.717) is 5.92 Å². The monoisotopic (exact) mass is 269 g/mol. The average Bonchev–Trinajstić information content (AvgIpc) is 2.44. The Kier molecular flexibility index (Phi) is 3.58.